The molecule has 1 heterocycles. The van der Waals surface area contributed by atoms with Crippen molar-refractivity contribution in [3.05, 3.63) is 29.8 Å². The second kappa shape index (κ2) is 5.80. The summed E-state index contributed by atoms with van der Waals surface area (Å²) >= 11 is 0. The molecule has 0 saturated carbocycles. The summed E-state index contributed by atoms with van der Waals surface area (Å²) in [5.74, 6) is -2.43. The van der Waals surface area contributed by atoms with Gasteiger partial charge < -0.3 is 10.4 Å². The molecule has 1 atom stereocenters. The van der Waals surface area contributed by atoms with Crippen LogP contribution in [0.15, 0.2) is 18.2 Å². The summed E-state index contributed by atoms with van der Waals surface area (Å²) in [4.78, 5) is 6.68. The molecule has 0 fully saturated rings. The van der Waals surface area contributed by atoms with E-state index >= 15 is 0 Å². The molecule has 0 amide bonds. The lowest BCUT2D eigenvalue weighted by Crippen LogP contribution is -2.24. The average Bonchev–Trinajstić information content (AvgIpc) is 2.44. The van der Waals surface area contributed by atoms with Crippen LogP contribution in [0.25, 0.3) is 10.9 Å². The van der Waals surface area contributed by atoms with Crippen LogP contribution in [0.5, 0.6) is 0 Å². The van der Waals surface area contributed by atoms with E-state index in [4.69, 9.17) is 5.11 Å². The minimum absolute atomic E-state index is 0.134. The van der Waals surface area contributed by atoms with Crippen LogP contribution in [0.4, 0.5) is 23.4 Å². The summed E-state index contributed by atoms with van der Waals surface area (Å²) in [5, 5.41) is 12.0. The molecule has 0 bridgehead atoms. The lowest BCUT2D eigenvalue weighted by molar-refractivity contribution is -0.144. The molecule has 8 heteroatoms. The van der Waals surface area contributed by atoms with Gasteiger partial charge in [0.15, 0.2) is 0 Å². The van der Waals surface area contributed by atoms with E-state index in [9.17, 15) is 17.6 Å². The number of alkyl halides is 3. The Labute approximate surface area is 117 Å². The minimum atomic E-state index is -4.78. The van der Waals surface area contributed by atoms with Gasteiger partial charge in [-0.3, -0.25) is 0 Å². The van der Waals surface area contributed by atoms with Crippen molar-refractivity contribution in [1.82, 2.24) is 9.97 Å². The second-order valence-electron chi connectivity index (χ2n) is 4.46. The van der Waals surface area contributed by atoms with Crippen molar-refractivity contribution in [2.24, 2.45) is 0 Å². The molecule has 114 valence electrons. The Morgan fingerprint density at radius 1 is 1.29 bits per heavy atom. The molecule has 2 rings (SSSR count). The second-order valence-corrected chi connectivity index (χ2v) is 4.46. The van der Waals surface area contributed by atoms with Crippen molar-refractivity contribution < 1.29 is 22.7 Å². The van der Waals surface area contributed by atoms with Crippen LogP contribution >= 0.6 is 0 Å². The fourth-order valence-electron chi connectivity index (χ4n) is 1.82. The zero-order chi connectivity index (χ0) is 15.6. The van der Waals surface area contributed by atoms with Gasteiger partial charge in [0, 0.05) is 5.39 Å². The highest BCUT2D eigenvalue weighted by molar-refractivity contribution is 5.89. The number of halogens is 4. The van der Waals surface area contributed by atoms with Gasteiger partial charge in [0.1, 0.15) is 17.2 Å². The molecule has 1 aromatic heterocycles. The Balaban J connectivity index is 2.63. The molecule has 0 spiro atoms. The van der Waals surface area contributed by atoms with Gasteiger partial charge in [0.05, 0.1) is 12.6 Å². The Bertz CT molecular complexity index is 641. The van der Waals surface area contributed by atoms with Crippen LogP contribution in [-0.4, -0.2) is 27.7 Å². The Kier molecular flexibility index (Phi) is 4.26. The van der Waals surface area contributed by atoms with Gasteiger partial charge in [0.25, 0.3) is 0 Å². The van der Waals surface area contributed by atoms with Gasteiger partial charge in [-0.05, 0) is 18.6 Å². The van der Waals surface area contributed by atoms with Gasteiger partial charge in [0.2, 0.25) is 5.82 Å². The lowest BCUT2D eigenvalue weighted by Gasteiger charge is -2.17. The number of aliphatic hydroxyl groups excluding tert-OH is 1. The number of aromatic nitrogens is 2. The number of hydrogen-bond acceptors (Lipinski definition) is 4. The third kappa shape index (κ3) is 3.21. The van der Waals surface area contributed by atoms with Gasteiger partial charge in [-0.25, -0.2) is 14.4 Å². The first-order chi connectivity index (χ1) is 9.86. The van der Waals surface area contributed by atoms with E-state index in [1.165, 1.54) is 12.1 Å². The van der Waals surface area contributed by atoms with E-state index < -0.39 is 29.4 Å². The van der Waals surface area contributed by atoms with E-state index in [0.717, 1.165) is 6.07 Å². The van der Waals surface area contributed by atoms with Crippen molar-refractivity contribution in [3.63, 3.8) is 0 Å². The van der Waals surface area contributed by atoms with Crippen molar-refractivity contribution in [2.45, 2.75) is 25.6 Å². The number of hydrogen-bond donors (Lipinski definition) is 2. The molecule has 0 radical (unpaired) electrons. The van der Waals surface area contributed by atoms with Crippen LogP contribution in [0.2, 0.25) is 0 Å². The number of para-hydroxylation sites is 1. The average molecular weight is 303 g/mol. The topological polar surface area (TPSA) is 58.0 Å². The molecule has 2 aromatic rings. The first-order valence-electron chi connectivity index (χ1n) is 6.27. The SMILES string of the molecule is CCC(CO)Nc1nc(C(F)(F)F)nc2c(F)cccc12. The van der Waals surface area contributed by atoms with E-state index in [1.54, 1.807) is 6.92 Å². The standard InChI is InChI=1S/C13H13F4N3O/c1-2-7(6-21)18-11-8-4-3-5-9(14)10(8)19-12(20-11)13(15,16)17/h3-5,7,21H,2,6H2,1H3,(H,18,19,20). The van der Waals surface area contributed by atoms with Gasteiger partial charge in [-0.2, -0.15) is 13.2 Å². The molecule has 1 unspecified atom stereocenters. The van der Waals surface area contributed by atoms with E-state index in [-0.39, 0.29) is 17.8 Å². The smallest absolute Gasteiger partial charge is 0.394 e. The van der Waals surface area contributed by atoms with E-state index in [1.807, 2.05) is 0 Å². The normalized spacial score (nSPS) is 13.4. The largest absolute Gasteiger partial charge is 0.451 e. The molecule has 4 nitrogen and oxygen atoms in total. The zero-order valence-corrected chi connectivity index (χ0v) is 11.1. The number of nitrogens with zero attached hydrogens (tertiary/aromatic N) is 2. The maximum Gasteiger partial charge on any atom is 0.451 e. The summed E-state index contributed by atoms with van der Waals surface area (Å²) in [6.07, 6.45) is -4.31. The number of anilines is 1. The Morgan fingerprint density at radius 2 is 2.00 bits per heavy atom. The van der Waals surface area contributed by atoms with Crippen molar-refractivity contribution in [3.8, 4) is 0 Å². The maximum atomic E-state index is 13.7. The zero-order valence-electron chi connectivity index (χ0n) is 11.1. The van der Waals surface area contributed by atoms with Crippen molar-refractivity contribution in [2.75, 3.05) is 11.9 Å². The highest BCUT2D eigenvalue weighted by atomic mass is 19.4. The summed E-state index contributed by atoms with van der Waals surface area (Å²) < 4.78 is 52.1. The van der Waals surface area contributed by atoms with Crippen LogP contribution in [0, 0.1) is 5.82 Å². The molecular formula is C13H13F4N3O. The third-order valence-electron chi connectivity index (χ3n) is 2.98. The van der Waals surface area contributed by atoms with Crippen LogP contribution in [0.3, 0.4) is 0 Å². The molecule has 1 aromatic carbocycles. The van der Waals surface area contributed by atoms with Gasteiger partial charge in [-0.1, -0.05) is 13.0 Å². The third-order valence-corrected chi connectivity index (χ3v) is 2.98. The molecule has 21 heavy (non-hydrogen) atoms. The first-order valence-corrected chi connectivity index (χ1v) is 6.27. The van der Waals surface area contributed by atoms with Gasteiger partial charge >= 0.3 is 6.18 Å². The van der Waals surface area contributed by atoms with Crippen LogP contribution in [-0.2, 0) is 6.18 Å². The predicted molar refractivity (Wildman–Crippen MR) is 69.3 cm³/mol. The minimum Gasteiger partial charge on any atom is -0.394 e. The molecular weight excluding hydrogens is 290 g/mol. The highest BCUT2D eigenvalue weighted by Crippen LogP contribution is 2.31. The number of aliphatic hydroxyl groups is 1. The van der Waals surface area contributed by atoms with Crippen molar-refractivity contribution in [1.29, 1.82) is 0 Å². The van der Waals surface area contributed by atoms with E-state index in [0.29, 0.717) is 6.42 Å². The van der Waals surface area contributed by atoms with Crippen LogP contribution in [0.1, 0.15) is 19.2 Å². The molecule has 0 aliphatic rings. The van der Waals surface area contributed by atoms with Crippen LogP contribution < -0.4 is 5.32 Å². The number of fused-ring (bicyclic) bond motifs is 1. The highest BCUT2D eigenvalue weighted by Gasteiger charge is 2.36. The maximum absolute atomic E-state index is 13.7. The number of rotatable bonds is 4. The Morgan fingerprint density at radius 3 is 2.57 bits per heavy atom. The van der Waals surface area contributed by atoms with Crippen molar-refractivity contribution >= 4 is 16.7 Å². The lowest BCUT2D eigenvalue weighted by atomic mass is 10.2. The molecule has 2 N–H and O–H groups in total. The van der Waals surface area contributed by atoms with E-state index in [2.05, 4.69) is 15.3 Å². The summed E-state index contributed by atoms with van der Waals surface area (Å²) in [6, 6.07) is 3.33. The first kappa shape index (κ1) is 15.4. The Hall–Kier alpha value is -1.96. The van der Waals surface area contributed by atoms with Gasteiger partial charge in [-0.15, -0.1) is 0 Å². The summed E-state index contributed by atoms with van der Waals surface area (Å²) in [6.45, 7) is 1.47. The molecule has 0 aliphatic carbocycles. The summed E-state index contributed by atoms with van der Waals surface area (Å²) in [7, 11) is 0. The fourth-order valence-corrected chi connectivity index (χ4v) is 1.82. The molecule has 0 aliphatic heterocycles. The quantitative estimate of drug-likeness (QED) is 0.853. The number of nitrogens with one attached hydrogen (secondary N) is 1. The monoisotopic (exact) mass is 303 g/mol. The fraction of sp³-hybridized carbons (Fsp3) is 0.385. The number of benzene rings is 1. The predicted octanol–water partition coefficient (Wildman–Crippen LogP) is 2.97. The summed E-state index contributed by atoms with van der Waals surface area (Å²) in [5.41, 5.74) is -0.407. The molecule has 0 saturated heterocycles.